The summed E-state index contributed by atoms with van der Waals surface area (Å²) in [6.07, 6.45) is 0.316. The van der Waals surface area contributed by atoms with Crippen molar-refractivity contribution in [3.05, 3.63) is 12.2 Å². The first-order valence-electron chi connectivity index (χ1n) is 4.88. The van der Waals surface area contributed by atoms with Crippen LogP contribution in [0.3, 0.4) is 0 Å². The van der Waals surface area contributed by atoms with Crippen LogP contribution in [0.2, 0.25) is 0 Å². The van der Waals surface area contributed by atoms with Gasteiger partial charge in [-0.2, -0.15) is 13.2 Å². The van der Waals surface area contributed by atoms with E-state index >= 15 is 0 Å². The standard InChI is InChI=1S/C10H13F3O/c11-10(12,13)9-4-2-1-3-8(9)7-14-6-5-9/h2,4,8H,1,3,5-7H2/t8-,9+/m1/s1. The van der Waals surface area contributed by atoms with E-state index in [1.54, 1.807) is 6.08 Å². The van der Waals surface area contributed by atoms with Crippen LogP contribution in [0.15, 0.2) is 12.2 Å². The minimum absolute atomic E-state index is 0.0810. The van der Waals surface area contributed by atoms with Crippen LogP contribution in [0.25, 0.3) is 0 Å². The molecule has 0 radical (unpaired) electrons. The zero-order valence-corrected chi connectivity index (χ0v) is 7.81. The number of ether oxygens (including phenoxy) is 1. The van der Waals surface area contributed by atoms with Crippen LogP contribution in [0, 0.1) is 11.3 Å². The topological polar surface area (TPSA) is 9.23 Å². The summed E-state index contributed by atoms with van der Waals surface area (Å²) in [5, 5.41) is 0. The van der Waals surface area contributed by atoms with Gasteiger partial charge in [0.2, 0.25) is 0 Å². The molecule has 0 aromatic heterocycles. The average Bonchev–Trinajstić information content (AvgIpc) is 2.16. The molecule has 0 amide bonds. The van der Waals surface area contributed by atoms with Crippen molar-refractivity contribution in [2.45, 2.75) is 25.4 Å². The lowest BCUT2D eigenvalue weighted by molar-refractivity contribution is -0.249. The molecule has 0 spiro atoms. The molecule has 1 saturated heterocycles. The molecule has 80 valence electrons. The van der Waals surface area contributed by atoms with Crippen LogP contribution in [0.4, 0.5) is 13.2 Å². The van der Waals surface area contributed by atoms with Gasteiger partial charge in [0, 0.05) is 12.5 Å². The molecule has 1 aliphatic carbocycles. The molecule has 2 aliphatic rings. The zero-order chi connectivity index (χ0) is 10.2. The van der Waals surface area contributed by atoms with Crippen molar-refractivity contribution in [2.75, 3.05) is 13.2 Å². The summed E-state index contributed by atoms with van der Waals surface area (Å²) in [5.41, 5.74) is -1.59. The predicted octanol–water partition coefficient (Wildman–Crippen LogP) is 2.92. The Morgan fingerprint density at radius 2 is 2.14 bits per heavy atom. The molecule has 0 aromatic rings. The largest absolute Gasteiger partial charge is 0.398 e. The van der Waals surface area contributed by atoms with Crippen LogP contribution in [-0.4, -0.2) is 19.4 Å². The summed E-state index contributed by atoms with van der Waals surface area (Å²) in [4.78, 5) is 0. The molecule has 2 rings (SSSR count). The van der Waals surface area contributed by atoms with E-state index in [0.717, 1.165) is 6.42 Å². The van der Waals surface area contributed by atoms with E-state index in [4.69, 9.17) is 4.74 Å². The highest BCUT2D eigenvalue weighted by Gasteiger charge is 2.58. The van der Waals surface area contributed by atoms with Gasteiger partial charge >= 0.3 is 6.18 Å². The maximum atomic E-state index is 13.0. The van der Waals surface area contributed by atoms with Crippen LogP contribution in [-0.2, 0) is 4.74 Å². The Bertz CT molecular complexity index is 246. The number of hydrogen-bond acceptors (Lipinski definition) is 1. The number of allylic oxidation sites excluding steroid dienone is 2. The number of fused-ring (bicyclic) bond motifs is 1. The fraction of sp³-hybridized carbons (Fsp3) is 0.800. The van der Waals surface area contributed by atoms with E-state index in [2.05, 4.69) is 0 Å². The third kappa shape index (κ3) is 1.36. The minimum atomic E-state index is -4.13. The predicted molar refractivity (Wildman–Crippen MR) is 45.8 cm³/mol. The van der Waals surface area contributed by atoms with E-state index in [0.29, 0.717) is 6.42 Å². The van der Waals surface area contributed by atoms with Crippen molar-refractivity contribution in [3.8, 4) is 0 Å². The molecule has 14 heavy (non-hydrogen) atoms. The normalized spacial score (nSPS) is 38.1. The molecule has 1 aliphatic heterocycles. The van der Waals surface area contributed by atoms with Crippen molar-refractivity contribution in [3.63, 3.8) is 0 Å². The van der Waals surface area contributed by atoms with Crippen molar-refractivity contribution >= 4 is 0 Å². The quantitative estimate of drug-likeness (QED) is 0.554. The molecule has 2 atom stereocenters. The van der Waals surface area contributed by atoms with E-state index in [9.17, 15) is 13.2 Å². The van der Waals surface area contributed by atoms with E-state index in [-0.39, 0.29) is 25.6 Å². The van der Waals surface area contributed by atoms with Crippen molar-refractivity contribution < 1.29 is 17.9 Å². The van der Waals surface area contributed by atoms with Gasteiger partial charge in [-0.25, -0.2) is 0 Å². The van der Waals surface area contributed by atoms with Crippen molar-refractivity contribution in [1.82, 2.24) is 0 Å². The van der Waals surface area contributed by atoms with E-state index in [1.165, 1.54) is 6.08 Å². The van der Waals surface area contributed by atoms with Crippen LogP contribution in [0.5, 0.6) is 0 Å². The zero-order valence-electron chi connectivity index (χ0n) is 7.81. The number of rotatable bonds is 0. The first-order chi connectivity index (χ1) is 6.56. The third-order valence-electron chi connectivity index (χ3n) is 3.33. The Morgan fingerprint density at radius 3 is 2.79 bits per heavy atom. The fourth-order valence-electron chi connectivity index (χ4n) is 2.44. The van der Waals surface area contributed by atoms with Gasteiger partial charge in [-0.15, -0.1) is 0 Å². The first-order valence-corrected chi connectivity index (χ1v) is 4.88. The maximum absolute atomic E-state index is 13.0. The summed E-state index contributed by atoms with van der Waals surface area (Å²) in [6.45, 7) is 0.476. The third-order valence-corrected chi connectivity index (χ3v) is 3.33. The van der Waals surface area contributed by atoms with Crippen LogP contribution < -0.4 is 0 Å². The summed E-state index contributed by atoms with van der Waals surface area (Å²) in [6, 6.07) is 0. The van der Waals surface area contributed by atoms with Crippen molar-refractivity contribution in [2.24, 2.45) is 11.3 Å². The monoisotopic (exact) mass is 206 g/mol. The smallest absolute Gasteiger partial charge is 0.381 e. The number of hydrogen-bond donors (Lipinski definition) is 0. The lowest BCUT2D eigenvalue weighted by Gasteiger charge is -2.44. The Morgan fingerprint density at radius 1 is 1.36 bits per heavy atom. The minimum Gasteiger partial charge on any atom is -0.381 e. The van der Waals surface area contributed by atoms with Crippen molar-refractivity contribution in [1.29, 1.82) is 0 Å². The molecule has 0 bridgehead atoms. The Balaban J connectivity index is 2.34. The molecule has 0 saturated carbocycles. The first kappa shape index (κ1) is 10.0. The van der Waals surface area contributed by atoms with Crippen LogP contribution >= 0.6 is 0 Å². The Hall–Kier alpha value is -0.510. The lowest BCUT2D eigenvalue weighted by atomic mass is 9.67. The second-order valence-corrected chi connectivity index (χ2v) is 4.04. The number of halogens is 3. The van der Waals surface area contributed by atoms with E-state index in [1.807, 2.05) is 0 Å². The second-order valence-electron chi connectivity index (χ2n) is 4.04. The Labute approximate surface area is 80.9 Å². The van der Waals surface area contributed by atoms with Gasteiger partial charge in [0.25, 0.3) is 0 Å². The molecular formula is C10H13F3O. The molecule has 1 nitrogen and oxygen atoms in total. The Kier molecular flexibility index (Phi) is 2.33. The molecule has 1 heterocycles. The van der Waals surface area contributed by atoms with Gasteiger partial charge in [-0.1, -0.05) is 12.2 Å². The molecule has 0 N–H and O–H groups in total. The SMILES string of the molecule is FC(F)(F)[C@]12C=CCC[C@@H]1COCC2. The van der Waals surface area contributed by atoms with Gasteiger partial charge in [-0.3, -0.25) is 0 Å². The van der Waals surface area contributed by atoms with Gasteiger partial charge in [0.1, 0.15) is 0 Å². The lowest BCUT2D eigenvalue weighted by Crippen LogP contribution is -2.49. The van der Waals surface area contributed by atoms with E-state index < -0.39 is 11.6 Å². The molecule has 0 aromatic carbocycles. The summed E-state index contributed by atoms with van der Waals surface area (Å²) < 4.78 is 44.0. The molecule has 1 fully saturated rings. The fourth-order valence-corrected chi connectivity index (χ4v) is 2.44. The van der Waals surface area contributed by atoms with Gasteiger partial charge in [0.05, 0.1) is 12.0 Å². The average molecular weight is 206 g/mol. The highest BCUT2D eigenvalue weighted by atomic mass is 19.4. The van der Waals surface area contributed by atoms with Gasteiger partial charge < -0.3 is 4.74 Å². The highest BCUT2D eigenvalue weighted by Crippen LogP contribution is 2.53. The molecule has 4 heteroatoms. The second kappa shape index (κ2) is 3.26. The highest BCUT2D eigenvalue weighted by molar-refractivity contribution is 5.12. The number of alkyl halides is 3. The summed E-state index contributed by atoms with van der Waals surface area (Å²) in [7, 11) is 0. The van der Waals surface area contributed by atoms with Gasteiger partial charge in [0.15, 0.2) is 0 Å². The molecule has 0 unspecified atom stereocenters. The maximum Gasteiger partial charge on any atom is 0.398 e. The van der Waals surface area contributed by atoms with Crippen LogP contribution in [0.1, 0.15) is 19.3 Å². The summed E-state index contributed by atoms with van der Waals surface area (Å²) in [5.74, 6) is -0.374. The summed E-state index contributed by atoms with van der Waals surface area (Å²) >= 11 is 0. The van der Waals surface area contributed by atoms with Gasteiger partial charge in [-0.05, 0) is 19.3 Å². The molecular weight excluding hydrogens is 193 g/mol.